The SMILES string of the molecule is O=C(O)COc1ccc2c(=O)c3c(oc2c1)/C(=C/c1ccc(Cl)cc1)CC3. The van der Waals surface area contributed by atoms with Gasteiger partial charge in [-0.1, -0.05) is 23.7 Å². The number of rotatable bonds is 4. The highest BCUT2D eigenvalue weighted by atomic mass is 35.5. The molecule has 1 heterocycles. The molecule has 0 unspecified atom stereocenters. The van der Waals surface area contributed by atoms with Crippen LogP contribution in [0.15, 0.2) is 51.7 Å². The zero-order valence-electron chi connectivity index (χ0n) is 14.2. The van der Waals surface area contributed by atoms with Gasteiger partial charge in [-0.15, -0.1) is 0 Å². The topological polar surface area (TPSA) is 76.7 Å². The number of allylic oxidation sites excluding steroid dienone is 1. The molecule has 4 rings (SSSR count). The number of carbonyl (C=O) groups is 1. The Labute approximate surface area is 159 Å². The van der Waals surface area contributed by atoms with Gasteiger partial charge in [0, 0.05) is 16.7 Å². The van der Waals surface area contributed by atoms with Crippen molar-refractivity contribution in [2.45, 2.75) is 12.8 Å². The van der Waals surface area contributed by atoms with Gasteiger partial charge in [-0.25, -0.2) is 4.79 Å². The Kier molecular flexibility index (Phi) is 4.46. The van der Waals surface area contributed by atoms with Crippen molar-refractivity contribution in [1.29, 1.82) is 0 Å². The maximum absolute atomic E-state index is 12.8. The summed E-state index contributed by atoms with van der Waals surface area (Å²) >= 11 is 5.93. The van der Waals surface area contributed by atoms with Crippen molar-refractivity contribution >= 4 is 40.2 Å². The third-order valence-corrected chi connectivity index (χ3v) is 4.72. The molecule has 0 saturated heterocycles. The molecule has 2 aromatic carbocycles. The molecular formula is C21H15ClO5. The molecule has 1 N–H and O–H groups in total. The van der Waals surface area contributed by atoms with Crippen LogP contribution in [0, 0.1) is 0 Å². The number of aliphatic carboxylic acids is 1. The lowest BCUT2D eigenvalue weighted by molar-refractivity contribution is -0.139. The largest absolute Gasteiger partial charge is 0.482 e. The van der Waals surface area contributed by atoms with Crippen LogP contribution in [0.2, 0.25) is 5.02 Å². The fraction of sp³-hybridized carbons (Fsp3) is 0.143. The summed E-state index contributed by atoms with van der Waals surface area (Å²) in [5, 5.41) is 9.86. The lowest BCUT2D eigenvalue weighted by atomic mass is 10.1. The average Bonchev–Trinajstić information content (AvgIpc) is 3.05. The van der Waals surface area contributed by atoms with Crippen LogP contribution in [0.5, 0.6) is 5.75 Å². The maximum Gasteiger partial charge on any atom is 0.341 e. The molecule has 1 aromatic heterocycles. The van der Waals surface area contributed by atoms with Gasteiger partial charge in [0.2, 0.25) is 0 Å². The molecule has 5 nitrogen and oxygen atoms in total. The minimum absolute atomic E-state index is 0.0597. The van der Waals surface area contributed by atoms with Gasteiger partial charge in [-0.05, 0) is 54.3 Å². The minimum Gasteiger partial charge on any atom is -0.482 e. The number of carboxylic acid groups (broad SMARTS) is 1. The van der Waals surface area contributed by atoms with Gasteiger partial charge in [0.15, 0.2) is 12.0 Å². The lowest BCUT2D eigenvalue weighted by Gasteiger charge is -2.07. The molecule has 0 bridgehead atoms. The van der Waals surface area contributed by atoms with E-state index in [1.54, 1.807) is 18.2 Å². The van der Waals surface area contributed by atoms with E-state index in [0.29, 0.717) is 39.5 Å². The van der Waals surface area contributed by atoms with Crippen LogP contribution in [-0.2, 0) is 11.2 Å². The van der Waals surface area contributed by atoms with Gasteiger partial charge in [-0.3, -0.25) is 4.79 Å². The third-order valence-electron chi connectivity index (χ3n) is 4.47. The molecule has 1 aliphatic carbocycles. The average molecular weight is 383 g/mol. The number of fused-ring (bicyclic) bond motifs is 2. The standard InChI is InChI=1S/C21H15ClO5/c22-14-4-1-12(2-5-14)9-13-3-7-17-20(25)16-8-6-15(26-11-19(23)24)10-18(16)27-21(13)17/h1-2,4-6,8-10H,3,7,11H2,(H,23,24)/b13-9+. The Balaban J connectivity index is 1.77. The van der Waals surface area contributed by atoms with Gasteiger partial charge in [0.1, 0.15) is 17.1 Å². The summed E-state index contributed by atoms with van der Waals surface area (Å²) in [6.45, 7) is -0.456. The highest BCUT2D eigenvalue weighted by Gasteiger charge is 2.24. The predicted molar refractivity (Wildman–Crippen MR) is 103 cm³/mol. The van der Waals surface area contributed by atoms with E-state index in [0.717, 1.165) is 17.6 Å². The highest BCUT2D eigenvalue weighted by Crippen LogP contribution is 2.35. The summed E-state index contributed by atoms with van der Waals surface area (Å²) in [5.41, 5.74) is 2.91. The summed E-state index contributed by atoms with van der Waals surface area (Å²) < 4.78 is 11.2. The number of halogens is 1. The van der Waals surface area contributed by atoms with E-state index in [2.05, 4.69) is 0 Å². The molecule has 27 heavy (non-hydrogen) atoms. The Bertz CT molecular complexity index is 1130. The zero-order chi connectivity index (χ0) is 19.0. The number of hydrogen-bond acceptors (Lipinski definition) is 4. The van der Waals surface area contributed by atoms with Gasteiger partial charge in [-0.2, -0.15) is 0 Å². The second-order valence-corrected chi connectivity index (χ2v) is 6.74. The Morgan fingerprint density at radius 2 is 1.96 bits per heavy atom. The van der Waals surface area contributed by atoms with Crippen LogP contribution < -0.4 is 10.2 Å². The second-order valence-electron chi connectivity index (χ2n) is 6.30. The lowest BCUT2D eigenvalue weighted by Crippen LogP contribution is -2.10. The minimum atomic E-state index is -1.07. The van der Waals surface area contributed by atoms with E-state index in [1.807, 2.05) is 30.3 Å². The molecule has 136 valence electrons. The summed E-state index contributed by atoms with van der Waals surface area (Å²) in [6.07, 6.45) is 3.33. The van der Waals surface area contributed by atoms with Crippen molar-refractivity contribution in [3.05, 3.63) is 74.6 Å². The van der Waals surface area contributed by atoms with Crippen molar-refractivity contribution in [3.8, 4) is 5.75 Å². The van der Waals surface area contributed by atoms with Gasteiger partial charge >= 0.3 is 5.97 Å². The van der Waals surface area contributed by atoms with Gasteiger partial charge in [0.25, 0.3) is 0 Å². The fourth-order valence-corrected chi connectivity index (χ4v) is 3.33. The predicted octanol–water partition coefficient (Wildman–Crippen LogP) is 4.40. The smallest absolute Gasteiger partial charge is 0.341 e. The number of carboxylic acids is 1. The van der Waals surface area contributed by atoms with Gasteiger partial charge in [0.05, 0.1) is 5.39 Å². The fourth-order valence-electron chi connectivity index (χ4n) is 3.20. The van der Waals surface area contributed by atoms with Crippen molar-refractivity contribution in [3.63, 3.8) is 0 Å². The van der Waals surface area contributed by atoms with Crippen LogP contribution >= 0.6 is 11.6 Å². The number of ether oxygens (including phenoxy) is 1. The maximum atomic E-state index is 12.8. The molecule has 6 heteroatoms. The van der Waals surface area contributed by atoms with E-state index < -0.39 is 12.6 Å². The molecule has 0 aliphatic heterocycles. The van der Waals surface area contributed by atoms with Crippen LogP contribution in [0.4, 0.5) is 0 Å². The van der Waals surface area contributed by atoms with E-state index in [1.165, 1.54) is 0 Å². The normalized spacial score (nSPS) is 14.5. The molecule has 0 radical (unpaired) electrons. The molecule has 1 aliphatic rings. The van der Waals surface area contributed by atoms with Crippen molar-refractivity contribution in [1.82, 2.24) is 0 Å². The van der Waals surface area contributed by atoms with E-state index >= 15 is 0 Å². The zero-order valence-corrected chi connectivity index (χ0v) is 15.0. The summed E-state index contributed by atoms with van der Waals surface area (Å²) in [6, 6.07) is 12.2. The Morgan fingerprint density at radius 1 is 1.19 bits per heavy atom. The first kappa shape index (κ1) is 17.4. The number of benzene rings is 2. The second kappa shape index (κ2) is 6.93. The molecule has 0 fully saturated rings. The van der Waals surface area contributed by atoms with Crippen molar-refractivity contribution in [2.24, 2.45) is 0 Å². The highest BCUT2D eigenvalue weighted by molar-refractivity contribution is 6.30. The van der Waals surface area contributed by atoms with Crippen LogP contribution in [0.3, 0.4) is 0 Å². The van der Waals surface area contributed by atoms with Crippen molar-refractivity contribution in [2.75, 3.05) is 6.61 Å². The van der Waals surface area contributed by atoms with E-state index in [4.69, 9.17) is 25.9 Å². The third kappa shape index (κ3) is 3.46. The molecule has 3 aromatic rings. The summed E-state index contributed by atoms with van der Waals surface area (Å²) in [7, 11) is 0. The Morgan fingerprint density at radius 3 is 2.70 bits per heavy atom. The van der Waals surface area contributed by atoms with Crippen LogP contribution in [0.25, 0.3) is 22.6 Å². The number of hydrogen-bond donors (Lipinski definition) is 1. The van der Waals surface area contributed by atoms with E-state index in [-0.39, 0.29) is 5.43 Å². The molecule has 0 atom stereocenters. The van der Waals surface area contributed by atoms with Crippen LogP contribution in [-0.4, -0.2) is 17.7 Å². The monoisotopic (exact) mass is 382 g/mol. The van der Waals surface area contributed by atoms with E-state index in [9.17, 15) is 9.59 Å². The summed E-state index contributed by atoms with van der Waals surface area (Å²) in [5.74, 6) is -0.147. The first-order valence-electron chi connectivity index (χ1n) is 8.42. The molecule has 0 saturated carbocycles. The molecule has 0 spiro atoms. The van der Waals surface area contributed by atoms with Crippen LogP contribution in [0.1, 0.15) is 23.3 Å². The molecular weight excluding hydrogens is 368 g/mol. The first-order chi connectivity index (χ1) is 13.0. The Hall–Kier alpha value is -3.05. The quantitative estimate of drug-likeness (QED) is 0.723. The van der Waals surface area contributed by atoms with Gasteiger partial charge < -0.3 is 14.3 Å². The molecule has 0 amide bonds. The first-order valence-corrected chi connectivity index (χ1v) is 8.80. The van der Waals surface area contributed by atoms with Crippen molar-refractivity contribution < 1.29 is 19.1 Å². The summed E-state index contributed by atoms with van der Waals surface area (Å²) in [4.78, 5) is 23.5.